The van der Waals surface area contributed by atoms with Gasteiger partial charge in [-0.15, -0.1) is 0 Å². The first-order valence-electron chi connectivity index (χ1n) is 11.3. The van der Waals surface area contributed by atoms with Crippen LogP contribution in [-0.2, 0) is 33.0 Å². The van der Waals surface area contributed by atoms with Crippen LogP contribution in [0.1, 0.15) is 38.2 Å². The first kappa shape index (κ1) is 24.1. The molecular formula is C26H22N2O9. The number of fused-ring (bicyclic) bond motifs is 6. The van der Waals surface area contributed by atoms with E-state index in [0.717, 1.165) is 0 Å². The number of carboxylic acid groups (broad SMARTS) is 2. The Kier molecular flexibility index (Phi) is 5.94. The second-order valence-electron chi connectivity index (χ2n) is 8.59. The molecule has 0 radical (unpaired) electrons. The van der Waals surface area contributed by atoms with Gasteiger partial charge in [-0.05, 0) is 30.3 Å². The fourth-order valence-corrected chi connectivity index (χ4v) is 4.82. The zero-order chi connectivity index (χ0) is 26.3. The number of carboxylic acids is 2. The van der Waals surface area contributed by atoms with Crippen molar-refractivity contribution in [2.24, 2.45) is 0 Å². The molecule has 0 aliphatic carbocycles. The predicted octanol–water partition coefficient (Wildman–Crippen LogP) is 2.01. The first-order valence-corrected chi connectivity index (χ1v) is 11.3. The number of rotatable bonds is 8. The summed E-state index contributed by atoms with van der Waals surface area (Å²) in [6.07, 6.45) is 0. The minimum Gasteiger partial charge on any atom is -0.507 e. The molecule has 0 amide bonds. The van der Waals surface area contributed by atoms with E-state index >= 15 is 0 Å². The van der Waals surface area contributed by atoms with Crippen LogP contribution in [0.25, 0.3) is 0 Å². The van der Waals surface area contributed by atoms with Crippen molar-refractivity contribution < 1.29 is 44.3 Å². The van der Waals surface area contributed by atoms with Crippen LogP contribution in [0.4, 0.5) is 0 Å². The van der Waals surface area contributed by atoms with E-state index < -0.39 is 23.5 Å². The smallest absolute Gasteiger partial charge is 0.340 e. The maximum atomic E-state index is 13.0. The van der Waals surface area contributed by atoms with E-state index in [1.165, 1.54) is 12.1 Å². The third-order valence-electron chi connectivity index (χ3n) is 6.36. The van der Waals surface area contributed by atoms with E-state index in [-0.39, 0.29) is 60.3 Å². The van der Waals surface area contributed by atoms with Crippen molar-refractivity contribution in [1.29, 1.82) is 0 Å². The molecule has 2 heterocycles. The summed E-state index contributed by atoms with van der Waals surface area (Å²) >= 11 is 0. The SMILES string of the molecule is O=C(O)CNCc1c(O)ccc2c1Oc1c(ccc(O)c1CNCC(=O)O)C21OC(=O)c2ccccc21. The zero-order valence-corrected chi connectivity index (χ0v) is 19.3. The van der Waals surface area contributed by atoms with Crippen LogP contribution in [0.15, 0.2) is 48.5 Å². The summed E-state index contributed by atoms with van der Waals surface area (Å²) < 4.78 is 12.3. The predicted molar refractivity (Wildman–Crippen MR) is 127 cm³/mol. The van der Waals surface area contributed by atoms with E-state index in [4.69, 9.17) is 19.7 Å². The molecule has 0 fully saturated rings. The van der Waals surface area contributed by atoms with Crippen molar-refractivity contribution in [3.8, 4) is 23.0 Å². The number of esters is 1. The molecule has 2 aliphatic heterocycles. The number of carbonyl (C=O) groups is 3. The lowest BCUT2D eigenvalue weighted by Crippen LogP contribution is -2.34. The van der Waals surface area contributed by atoms with E-state index in [0.29, 0.717) is 22.3 Å². The summed E-state index contributed by atoms with van der Waals surface area (Å²) in [5.74, 6) is -2.88. The van der Waals surface area contributed by atoms with Crippen molar-refractivity contribution in [2.45, 2.75) is 18.7 Å². The molecule has 0 unspecified atom stereocenters. The lowest BCUT2D eigenvalue weighted by atomic mass is 9.76. The van der Waals surface area contributed by atoms with E-state index in [1.807, 2.05) is 0 Å². The Bertz CT molecular complexity index is 1370. The van der Waals surface area contributed by atoms with Gasteiger partial charge in [0.05, 0.1) is 29.8 Å². The largest absolute Gasteiger partial charge is 0.507 e. The zero-order valence-electron chi connectivity index (χ0n) is 19.3. The van der Waals surface area contributed by atoms with Gasteiger partial charge in [0.25, 0.3) is 0 Å². The van der Waals surface area contributed by atoms with Gasteiger partial charge in [-0.25, -0.2) is 4.79 Å². The molecular weight excluding hydrogens is 484 g/mol. The number of phenols is 2. The summed E-state index contributed by atoms with van der Waals surface area (Å²) in [4.78, 5) is 35.1. The van der Waals surface area contributed by atoms with Crippen molar-refractivity contribution in [3.63, 3.8) is 0 Å². The van der Waals surface area contributed by atoms with Crippen LogP contribution in [0.2, 0.25) is 0 Å². The Labute approximate surface area is 209 Å². The van der Waals surface area contributed by atoms with Gasteiger partial charge in [0, 0.05) is 29.8 Å². The molecule has 0 atom stereocenters. The van der Waals surface area contributed by atoms with Crippen LogP contribution in [-0.4, -0.2) is 51.4 Å². The topological polar surface area (TPSA) is 175 Å². The van der Waals surface area contributed by atoms with Gasteiger partial charge >= 0.3 is 17.9 Å². The van der Waals surface area contributed by atoms with Crippen molar-refractivity contribution in [1.82, 2.24) is 10.6 Å². The molecule has 0 aromatic heterocycles. The highest BCUT2D eigenvalue weighted by atomic mass is 16.6. The van der Waals surface area contributed by atoms with Gasteiger partial charge in [0.15, 0.2) is 5.60 Å². The lowest BCUT2D eigenvalue weighted by Gasteiger charge is -2.38. The molecule has 0 bridgehead atoms. The number of benzene rings is 3. The minimum absolute atomic E-state index is 0.0896. The molecule has 6 N–H and O–H groups in total. The highest BCUT2D eigenvalue weighted by Gasteiger charge is 2.54. The molecule has 0 saturated heterocycles. The Morgan fingerprint density at radius 3 is 1.78 bits per heavy atom. The number of carbonyl (C=O) groups excluding carboxylic acids is 1. The Balaban J connectivity index is 1.75. The average molecular weight is 506 g/mol. The van der Waals surface area contributed by atoms with E-state index in [1.54, 1.807) is 36.4 Å². The average Bonchev–Trinajstić information content (AvgIpc) is 3.14. The second kappa shape index (κ2) is 9.12. The van der Waals surface area contributed by atoms with Crippen LogP contribution in [0.5, 0.6) is 23.0 Å². The van der Waals surface area contributed by atoms with Gasteiger partial charge < -0.3 is 40.5 Å². The van der Waals surface area contributed by atoms with Gasteiger partial charge in [-0.1, -0.05) is 18.2 Å². The highest BCUT2D eigenvalue weighted by Crippen LogP contribution is 2.59. The van der Waals surface area contributed by atoms with Gasteiger partial charge in [0.2, 0.25) is 0 Å². The number of nitrogens with one attached hydrogen (secondary N) is 2. The molecule has 5 rings (SSSR count). The Hall–Kier alpha value is -4.61. The number of ether oxygens (including phenoxy) is 2. The quantitative estimate of drug-likeness (QED) is 0.247. The number of hydrogen-bond acceptors (Lipinski definition) is 9. The maximum absolute atomic E-state index is 13.0. The number of hydrogen-bond donors (Lipinski definition) is 6. The third kappa shape index (κ3) is 3.90. The third-order valence-corrected chi connectivity index (χ3v) is 6.36. The van der Waals surface area contributed by atoms with Crippen molar-refractivity contribution in [3.05, 3.63) is 81.9 Å². The summed E-state index contributed by atoms with van der Waals surface area (Å²) in [6, 6.07) is 12.8. The Morgan fingerprint density at radius 1 is 0.757 bits per heavy atom. The maximum Gasteiger partial charge on any atom is 0.340 e. The molecule has 3 aromatic rings. The summed E-state index contributed by atoms with van der Waals surface area (Å²) in [7, 11) is 0. The van der Waals surface area contributed by atoms with Crippen molar-refractivity contribution >= 4 is 17.9 Å². The second-order valence-corrected chi connectivity index (χ2v) is 8.59. The molecule has 37 heavy (non-hydrogen) atoms. The summed E-state index contributed by atoms with van der Waals surface area (Å²) in [6.45, 7) is -0.941. The normalized spacial score (nSPS) is 14.3. The van der Waals surface area contributed by atoms with Crippen LogP contribution in [0.3, 0.4) is 0 Å². The standard InChI is InChI=1S/C26H22N2O9/c29-19-7-5-17-23(14(19)9-27-11-21(31)32)36-24-15(10-28-12-22(33)34)20(30)8-6-18(24)26(17)16-4-2-1-3-13(16)25(35)37-26/h1-8,27-30H,9-12H2,(H,31,32)(H,33,34). The molecule has 11 heteroatoms. The van der Waals surface area contributed by atoms with E-state index in [9.17, 15) is 24.6 Å². The molecule has 0 saturated carbocycles. The first-order chi connectivity index (χ1) is 17.7. The molecule has 1 spiro atoms. The number of aliphatic carboxylic acids is 2. The Morgan fingerprint density at radius 2 is 1.27 bits per heavy atom. The highest BCUT2D eigenvalue weighted by molar-refractivity contribution is 5.97. The fraction of sp³-hybridized carbons (Fsp3) is 0.192. The van der Waals surface area contributed by atoms with Crippen LogP contribution < -0.4 is 15.4 Å². The number of phenolic OH excluding ortho intramolecular Hbond substituents is 2. The molecule has 3 aromatic carbocycles. The van der Waals surface area contributed by atoms with Gasteiger partial charge in [0.1, 0.15) is 23.0 Å². The fourth-order valence-electron chi connectivity index (χ4n) is 4.82. The molecule has 190 valence electrons. The minimum atomic E-state index is -1.50. The van der Waals surface area contributed by atoms with Crippen molar-refractivity contribution in [2.75, 3.05) is 13.1 Å². The summed E-state index contributed by atoms with van der Waals surface area (Å²) in [5.41, 5.74) is 0.599. The molecule has 2 aliphatic rings. The number of aromatic hydroxyl groups is 2. The van der Waals surface area contributed by atoms with Crippen LogP contribution >= 0.6 is 0 Å². The lowest BCUT2D eigenvalue weighted by molar-refractivity contribution is -0.137. The molecule has 11 nitrogen and oxygen atoms in total. The van der Waals surface area contributed by atoms with E-state index in [2.05, 4.69) is 10.6 Å². The van der Waals surface area contributed by atoms with Gasteiger partial charge in [-0.2, -0.15) is 0 Å². The summed E-state index contributed by atoms with van der Waals surface area (Å²) in [5, 5.41) is 44.9. The van der Waals surface area contributed by atoms with Crippen LogP contribution in [0, 0.1) is 0 Å². The monoisotopic (exact) mass is 506 g/mol. The van der Waals surface area contributed by atoms with Gasteiger partial charge in [-0.3, -0.25) is 9.59 Å².